The summed E-state index contributed by atoms with van der Waals surface area (Å²) in [6.45, 7) is 1.71. The molecule has 0 aliphatic rings. The summed E-state index contributed by atoms with van der Waals surface area (Å²) in [5.74, 6) is -0.101. The van der Waals surface area contributed by atoms with Gasteiger partial charge >= 0.3 is 5.97 Å². The molecule has 0 saturated carbocycles. The minimum absolute atomic E-state index is 0.0337. The SMILES string of the molecule is COc1ccc(S(=O)(=O)c2cc(C(=O)OCc3ccccc3)c(Cc3ccccc3)c(N)c2C)cc1. The molecule has 2 N–H and O–H groups in total. The number of rotatable bonds is 8. The Hall–Kier alpha value is -4.10. The second-order valence-electron chi connectivity index (χ2n) is 8.34. The maximum Gasteiger partial charge on any atom is 0.338 e. The van der Waals surface area contributed by atoms with Gasteiger partial charge in [0.1, 0.15) is 12.4 Å². The molecule has 0 bridgehead atoms. The molecule has 4 rings (SSSR count). The van der Waals surface area contributed by atoms with E-state index in [1.54, 1.807) is 19.1 Å². The van der Waals surface area contributed by atoms with Crippen LogP contribution in [0, 0.1) is 6.92 Å². The molecule has 4 aromatic rings. The van der Waals surface area contributed by atoms with Gasteiger partial charge in [0.05, 0.1) is 22.5 Å². The van der Waals surface area contributed by atoms with E-state index in [2.05, 4.69) is 0 Å². The summed E-state index contributed by atoms with van der Waals surface area (Å²) in [5.41, 5.74) is 9.56. The Morgan fingerprint density at radius 3 is 2.03 bits per heavy atom. The molecular weight excluding hydrogens is 474 g/mol. The van der Waals surface area contributed by atoms with Gasteiger partial charge in [0.25, 0.3) is 0 Å². The first-order valence-electron chi connectivity index (χ1n) is 11.4. The van der Waals surface area contributed by atoms with Gasteiger partial charge in [-0.25, -0.2) is 13.2 Å². The number of sulfone groups is 1. The third-order valence-corrected chi connectivity index (χ3v) is 7.91. The summed E-state index contributed by atoms with van der Waals surface area (Å²) >= 11 is 0. The first-order valence-corrected chi connectivity index (χ1v) is 12.9. The van der Waals surface area contributed by atoms with Crippen molar-refractivity contribution in [3.8, 4) is 5.75 Å². The molecular formula is C29H27NO5S. The van der Waals surface area contributed by atoms with Gasteiger partial charge in [-0.05, 0) is 59.5 Å². The van der Waals surface area contributed by atoms with E-state index in [1.807, 2.05) is 60.7 Å². The summed E-state index contributed by atoms with van der Waals surface area (Å²) in [5, 5.41) is 0. The number of anilines is 1. The standard InChI is InChI=1S/C29H27NO5S/c1-20-27(36(32,33)24-15-13-23(34-2)14-16-24)18-26(29(31)35-19-22-11-7-4-8-12-22)25(28(20)30)17-21-9-5-3-6-10-21/h3-16,18H,17,19,30H2,1-2H3. The molecule has 0 aromatic heterocycles. The predicted octanol–water partition coefficient (Wildman–Crippen LogP) is 5.37. The largest absolute Gasteiger partial charge is 0.497 e. The molecule has 0 amide bonds. The van der Waals surface area contributed by atoms with Crippen LogP contribution in [-0.4, -0.2) is 21.5 Å². The molecule has 0 aliphatic heterocycles. The van der Waals surface area contributed by atoms with Gasteiger partial charge in [0.15, 0.2) is 0 Å². The minimum Gasteiger partial charge on any atom is -0.497 e. The fraction of sp³-hybridized carbons (Fsp3) is 0.138. The quantitative estimate of drug-likeness (QED) is 0.258. The second kappa shape index (κ2) is 10.7. The zero-order valence-electron chi connectivity index (χ0n) is 20.1. The van der Waals surface area contributed by atoms with Crippen molar-refractivity contribution < 1.29 is 22.7 Å². The number of esters is 1. The van der Waals surface area contributed by atoms with Crippen molar-refractivity contribution in [1.29, 1.82) is 0 Å². The van der Waals surface area contributed by atoms with E-state index < -0.39 is 15.8 Å². The van der Waals surface area contributed by atoms with Gasteiger partial charge in [-0.1, -0.05) is 60.7 Å². The highest BCUT2D eigenvalue weighted by molar-refractivity contribution is 7.91. The topological polar surface area (TPSA) is 95.7 Å². The van der Waals surface area contributed by atoms with Crippen LogP contribution in [-0.2, 0) is 27.6 Å². The van der Waals surface area contributed by atoms with Crippen molar-refractivity contribution in [1.82, 2.24) is 0 Å². The van der Waals surface area contributed by atoms with E-state index in [0.29, 0.717) is 23.3 Å². The van der Waals surface area contributed by atoms with Gasteiger partial charge in [0, 0.05) is 12.1 Å². The van der Waals surface area contributed by atoms with Crippen molar-refractivity contribution >= 4 is 21.5 Å². The first kappa shape index (κ1) is 25.0. The van der Waals surface area contributed by atoms with E-state index in [0.717, 1.165) is 11.1 Å². The van der Waals surface area contributed by atoms with Crippen molar-refractivity contribution in [3.05, 3.63) is 119 Å². The highest BCUT2D eigenvalue weighted by Crippen LogP contribution is 2.34. The van der Waals surface area contributed by atoms with Crippen LogP contribution >= 0.6 is 0 Å². The van der Waals surface area contributed by atoms with Gasteiger partial charge in [-0.3, -0.25) is 0 Å². The third-order valence-electron chi connectivity index (χ3n) is 6.01. The predicted molar refractivity (Wildman–Crippen MR) is 139 cm³/mol. The van der Waals surface area contributed by atoms with Crippen molar-refractivity contribution in [2.24, 2.45) is 0 Å². The van der Waals surface area contributed by atoms with E-state index >= 15 is 0 Å². The monoisotopic (exact) mass is 501 g/mol. The maximum absolute atomic E-state index is 13.6. The lowest BCUT2D eigenvalue weighted by Crippen LogP contribution is -2.15. The summed E-state index contributed by atoms with van der Waals surface area (Å²) in [7, 11) is -2.47. The second-order valence-corrected chi connectivity index (χ2v) is 10.3. The number of carbonyl (C=O) groups excluding carboxylic acids is 1. The molecule has 6 nitrogen and oxygen atoms in total. The highest BCUT2D eigenvalue weighted by atomic mass is 32.2. The Labute approximate surface area is 211 Å². The smallest absolute Gasteiger partial charge is 0.338 e. The zero-order valence-corrected chi connectivity index (χ0v) is 20.9. The lowest BCUT2D eigenvalue weighted by molar-refractivity contribution is 0.0471. The lowest BCUT2D eigenvalue weighted by atomic mass is 9.95. The van der Waals surface area contributed by atoms with Crippen LogP contribution in [0.4, 0.5) is 5.69 Å². The van der Waals surface area contributed by atoms with Gasteiger partial charge < -0.3 is 15.2 Å². The third kappa shape index (κ3) is 5.26. The number of hydrogen-bond donors (Lipinski definition) is 1. The maximum atomic E-state index is 13.6. The van der Waals surface area contributed by atoms with Crippen LogP contribution in [0.25, 0.3) is 0 Å². The fourth-order valence-electron chi connectivity index (χ4n) is 3.97. The molecule has 36 heavy (non-hydrogen) atoms. The summed E-state index contributed by atoms with van der Waals surface area (Å²) < 4.78 is 37.9. The normalized spacial score (nSPS) is 11.2. The number of ether oxygens (including phenoxy) is 2. The number of nitrogens with two attached hydrogens (primary N) is 1. The van der Waals surface area contributed by atoms with Crippen LogP contribution < -0.4 is 10.5 Å². The Morgan fingerprint density at radius 2 is 1.44 bits per heavy atom. The van der Waals surface area contributed by atoms with Gasteiger partial charge in [-0.2, -0.15) is 0 Å². The lowest BCUT2D eigenvalue weighted by Gasteiger charge is -2.18. The van der Waals surface area contributed by atoms with Crippen molar-refractivity contribution in [2.45, 2.75) is 29.7 Å². The Kier molecular flexibility index (Phi) is 7.41. The number of carbonyl (C=O) groups is 1. The molecule has 4 aromatic carbocycles. The number of hydrogen-bond acceptors (Lipinski definition) is 6. The summed E-state index contributed by atoms with van der Waals surface area (Å²) in [6, 6.07) is 26.3. The summed E-state index contributed by atoms with van der Waals surface area (Å²) in [4.78, 5) is 13.3. The average Bonchev–Trinajstić information content (AvgIpc) is 2.91. The highest BCUT2D eigenvalue weighted by Gasteiger charge is 2.27. The van der Waals surface area contributed by atoms with E-state index in [9.17, 15) is 13.2 Å². The molecule has 0 fully saturated rings. The Bertz CT molecular complexity index is 1470. The molecule has 0 unspecified atom stereocenters. The van der Waals surface area contributed by atoms with Crippen LogP contribution in [0.15, 0.2) is 101 Å². The number of benzene rings is 4. The zero-order chi connectivity index (χ0) is 25.7. The minimum atomic E-state index is -3.97. The molecule has 0 spiro atoms. The average molecular weight is 502 g/mol. The molecule has 0 aliphatic carbocycles. The molecule has 0 radical (unpaired) electrons. The van der Waals surface area contributed by atoms with E-state index in [-0.39, 0.29) is 27.6 Å². The van der Waals surface area contributed by atoms with E-state index in [1.165, 1.54) is 25.3 Å². The van der Waals surface area contributed by atoms with Gasteiger partial charge in [-0.15, -0.1) is 0 Å². The van der Waals surface area contributed by atoms with Crippen LogP contribution in [0.1, 0.15) is 32.6 Å². The fourth-order valence-corrected chi connectivity index (χ4v) is 5.50. The molecule has 7 heteroatoms. The first-order chi connectivity index (χ1) is 17.3. The number of methoxy groups -OCH3 is 1. The Morgan fingerprint density at radius 1 is 0.861 bits per heavy atom. The van der Waals surface area contributed by atoms with E-state index in [4.69, 9.17) is 15.2 Å². The number of nitrogen functional groups attached to an aromatic ring is 1. The van der Waals surface area contributed by atoms with Crippen LogP contribution in [0.3, 0.4) is 0 Å². The van der Waals surface area contributed by atoms with Crippen LogP contribution in [0.5, 0.6) is 5.75 Å². The molecule has 0 heterocycles. The van der Waals surface area contributed by atoms with Gasteiger partial charge in [0.2, 0.25) is 9.84 Å². The molecule has 184 valence electrons. The van der Waals surface area contributed by atoms with Crippen molar-refractivity contribution in [2.75, 3.05) is 12.8 Å². The van der Waals surface area contributed by atoms with Crippen LogP contribution in [0.2, 0.25) is 0 Å². The Balaban J connectivity index is 1.80. The summed E-state index contributed by atoms with van der Waals surface area (Å²) in [6.07, 6.45) is 0.353. The van der Waals surface area contributed by atoms with Crippen molar-refractivity contribution in [3.63, 3.8) is 0 Å². The molecule has 0 saturated heterocycles. The molecule has 0 atom stereocenters.